The highest BCUT2D eigenvalue weighted by Gasteiger charge is 2.12. The number of carbonyl (C=O) groups excluding carboxylic acids is 3. The van der Waals surface area contributed by atoms with Crippen LogP contribution in [-0.2, 0) is 4.79 Å². The minimum atomic E-state index is -0.238. The van der Waals surface area contributed by atoms with E-state index < -0.39 is 0 Å². The van der Waals surface area contributed by atoms with Crippen LogP contribution in [0.5, 0.6) is 0 Å². The first-order valence-electron chi connectivity index (χ1n) is 8.35. The molecule has 1 aromatic carbocycles. The Morgan fingerprint density at radius 3 is 2.33 bits per heavy atom. The minimum absolute atomic E-state index is 0.0276. The molecule has 0 bridgehead atoms. The molecule has 0 unspecified atom stereocenters. The van der Waals surface area contributed by atoms with E-state index in [1.807, 2.05) is 24.4 Å². The van der Waals surface area contributed by atoms with Gasteiger partial charge in [0.15, 0.2) is 5.78 Å². The highest BCUT2D eigenvalue weighted by atomic mass is 32.1. The standard InChI is InChI=1S/C20H18N2O3S2/c1-13-7-9-17(27-13)16(23)8-10-19(24)21-14-4-2-5-15(12-14)22-20(25)18-6-3-11-26-18/h2-7,9,11-12H,8,10H2,1H3,(H,21,24)(H,22,25). The summed E-state index contributed by atoms with van der Waals surface area (Å²) in [6, 6.07) is 14.2. The lowest BCUT2D eigenvalue weighted by atomic mass is 10.2. The molecule has 0 spiro atoms. The van der Waals surface area contributed by atoms with E-state index in [1.54, 1.807) is 36.4 Å². The largest absolute Gasteiger partial charge is 0.326 e. The van der Waals surface area contributed by atoms with Crippen molar-refractivity contribution in [3.8, 4) is 0 Å². The number of amides is 2. The van der Waals surface area contributed by atoms with E-state index in [2.05, 4.69) is 10.6 Å². The van der Waals surface area contributed by atoms with Crippen molar-refractivity contribution in [2.45, 2.75) is 19.8 Å². The van der Waals surface area contributed by atoms with E-state index in [0.717, 1.165) is 4.88 Å². The zero-order valence-corrected chi connectivity index (χ0v) is 16.3. The number of rotatable bonds is 7. The van der Waals surface area contributed by atoms with Crippen LogP contribution in [0.2, 0.25) is 0 Å². The van der Waals surface area contributed by atoms with Gasteiger partial charge in [0.1, 0.15) is 0 Å². The number of anilines is 2. The second-order valence-corrected chi connectivity index (χ2v) is 8.13. The monoisotopic (exact) mass is 398 g/mol. The molecule has 138 valence electrons. The molecule has 2 heterocycles. The molecule has 0 atom stereocenters. The predicted octanol–water partition coefficient (Wildman–Crippen LogP) is 4.97. The van der Waals surface area contributed by atoms with Crippen molar-refractivity contribution >= 4 is 51.6 Å². The van der Waals surface area contributed by atoms with Crippen LogP contribution in [-0.4, -0.2) is 17.6 Å². The molecule has 27 heavy (non-hydrogen) atoms. The van der Waals surface area contributed by atoms with Gasteiger partial charge in [0.2, 0.25) is 5.91 Å². The normalized spacial score (nSPS) is 10.4. The van der Waals surface area contributed by atoms with Crippen molar-refractivity contribution in [2.75, 3.05) is 10.6 Å². The maximum Gasteiger partial charge on any atom is 0.265 e. The quantitative estimate of drug-likeness (QED) is 0.552. The molecule has 7 heteroatoms. The summed E-state index contributed by atoms with van der Waals surface area (Å²) in [5, 5.41) is 7.40. The number of carbonyl (C=O) groups is 3. The zero-order valence-electron chi connectivity index (χ0n) is 14.7. The van der Waals surface area contributed by atoms with Crippen molar-refractivity contribution in [3.63, 3.8) is 0 Å². The number of nitrogens with one attached hydrogen (secondary N) is 2. The molecule has 0 aliphatic carbocycles. The van der Waals surface area contributed by atoms with Crippen LogP contribution in [0.1, 0.15) is 37.1 Å². The maximum atomic E-state index is 12.1. The summed E-state index contributed by atoms with van der Waals surface area (Å²) in [6.45, 7) is 1.94. The lowest BCUT2D eigenvalue weighted by molar-refractivity contribution is -0.116. The molecule has 0 radical (unpaired) electrons. The van der Waals surface area contributed by atoms with E-state index >= 15 is 0 Å². The number of hydrogen-bond acceptors (Lipinski definition) is 5. The lowest BCUT2D eigenvalue weighted by Gasteiger charge is -2.08. The van der Waals surface area contributed by atoms with Gasteiger partial charge < -0.3 is 10.6 Å². The lowest BCUT2D eigenvalue weighted by Crippen LogP contribution is -2.14. The van der Waals surface area contributed by atoms with Gasteiger partial charge in [-0.1, -0.05) is 12.1 Å². The first kappa shape index (κ1) is 19.0. The van der Waals surface area contributed by atoms with Gasteiger partial charge in [0.05, 0.1) is 9.75 Å². The minimum Gasteiger partial charge on any atom is -0.326 e. The second kappa shape index (κ2) is 8.75. The van der Waals surface area contributed by atoms with Crippen molar-refractivity contribution in [2.24, 2.45) is 0 Å². The number of hydrogen-bond donors (Lipinski definition) is 2. The zero-order chi connectivity index (χ0) is 19.2. The molecule has 5 nitrogen and oxygen atoms in total. The van der Waals surface area contributed by atoms with E-state index in [-0.39, 0.29) is 30.4 Å². The Kier molecular flexibility index (Phi) is 6.16. The number of thiophene rings is 2. The molecule has 2 amide bonds. The summed E-state index contributed by atoms with van der Waals surface area (Å²) in [5.74, 6) is -0.455. The summed E-state index contributed by atoms with van der Waals surface area (Å²) in [7, 11) is 0. The Labute approximate surface area is 165 Å². The van der Waals surface area contributed by atoms with Gasteiger partial charge in [-0.3, -0.25) is 14.4 Å². The number of ketones is 1. The summed E-state index contributed by atoms with van der Waals surface area (Å²) in [6.07, 6.45) is 0.280. The fourth-order valence-electron chi connectivity index (χ4n) is 2.43. The topological polar surface area (TPSA) is 75.3 Å². The predicted molar refractivity (Wildman–Crippen MR) is 110 cm³/mol. The molecule has 0 saturated carbocycles. The van der Waals surface area contributed by atoms with Crippen LogP contribution >= 0.6 is 22.7 Å². The smallest absolute Gasteiger partial charge is 0.265 e. The van der Waals surface area contributed by atoms with Crippen molar-refractivity contribution in [1.82, 2.24) is 0 Å². The van der Waals surface area contributed by atoms with E-state index in [4.69, 9.17) is 0 Å². The Hall–Kier alpha value is -2.77. The molecular formula is C20H18N2O3S2. The molecule has 0 fully saturated rings. The molecule has 0 aliphatic heterocycles. The third kappa shape index (κ3) is 5.35. The molecule has 2 aromatic heterocycles. The van der Waals surface area contributed by atoms with Gasteiger partial charge >= 0.3 is 0 Å². The van der Waals surface area contributed by atoms with Gasteiger partial charge in [-0.15, -0.1) is 22.7 Å². The molecular weight excluding hydrogens is 380 g/mol. The highest BCUT2D eigenvalue weighted by Crippen LogP contribution is 2.19. The number of aryl methyl sites for hydroxylation is 1. The molecule has 0 aliphatic rings. The average Bonchev–Trinajstić information content (AvgIpc) is 3.32. The molecule has 3 aromatic rings. The van der Waals surface area contributed by atoms with Crippen LogP contribution < -0.4 is 10.6 Å². The first-order valence-corrected chi connectivity index (χ1v) is 10.1. The van der Waals surface area contributed by atoms with Gasteiger partial charge in [0.25, 0.3) is 5.91 Å². The molecule has 2 N–H and O–H groups in total. The van der Waals surface area contributed by atoms with Crippen LogP contribution in [0.4, 0.5) is 11.4 Å². The molecule has 3 rings (SSSR count). The Morgan fingerprint density at radius 1 is 0.889 bits per heavy atom. The fraction of sp³-hybridized carbons (Fsp3) is 0.150. The third-order valence-electron chi connectivity index (χ3n) is 3.74. The van der Waals surface area contributed by atoms with Crippen molar-refractivity contribution in [1.29, 1.82) is 0 Å². The van der Waals surface area contributed by atoms with E-state index in [9.17, 15) is 14.4 Å². The Balaban J connectivity index is 1.53. The third-order valence-corrected chi connectivity index (χ3v) is 5.65. The van der Waals surface area contributed by atoms with Crippen molar-refractivity contribution < 1.29 is 14.4 Å². The maximum absolute atomic E-state index is 12.1. The Bertz CT molecular complexity index is 961. The first-order chi connectivity index (χ1) is 13.0. The van der Waals surface area contributed by atoms with Gasteiger partial charge in [-0.2, -0.15) is 0 Å². The van der Waals surface area contributed by atoms with E-state index in [1.165, 1.54) is 22.7 Å². The van der Waals surface area contributed by atoms with Crippen LogP contribution in [0.3, 0.4) is 0 Å². The fourth-order valence-corrected chi connectivity index (χ4v) is 3.89. The summed E-state index contributed by atoms with van der Waals surface area (Å²) < 4.78 is 0. The average molecular weight is 399 g/mol. The van der Waals surface area contributed by atoms with Gasteiger partial charge in [-0.05, 0) is 48.7 Å². The SMILES string of the molecule is Cc1ccc(C(=O)CCC(=O)Nc2cccc(NC(=O)c3cccs3)c2)s1. The summed E-state index contributed by atoms with van der Waals surface area (Å²) >= 11 is 2.80. The van der Waals surface area contributed by atoms with Crippen molar-refractivity contribution in [3.05, 3.63) is 68.5 Å². The Morgan fingerprint density at radius 2 is 1.67 bits per heavy atom. The van der Waals surface area contributed by atoms with Crippen LogP contribution in [0.25, 0.3) is 0 Å². The molecule has 0 saturated heterocycles. The summed E-state index contributed by atoms with van der Waals surface area (Å²) in [4.78, 5) is 38.7. The van der Waals surface area contributed by atoms with E-state index in [0.29, 0.717) is 21.1 Å². The van der Waals surface area contributed by atoms with Gasteiger partial charge in [0, 0.05) is 29.1 Å². The summed E-state index contributed by atoms with van der Waals surface area (Å²) in [5.41, 5.74) is 1.17. The second-order valence-electron chi connectivity index (χ2n) is 5.89. The highest BCUT2D eigenvalue weighted by molar-refractivity contribution is 7.14. The number of benzene rings is 1. The van der Waals surface area contributed by atoms with Crippen LogP contribution in [0, 0.1) is 6.92 Å². The van der Waals surface area contributed by atoms with Crippen LogP contribution in [0.15, 0.2) is 53.9 Å². The number of Topliss-reactive ketones (excluding diaryl/α,β-unsaturated/α-hetero) is 1. The van der Waals surface area contributed by atoms with Gasteiger partial charge in [-0.25, -0.2) is 0 Å².